The summed E-state index contributed by atoms with van der Waals surface area (Å²) in [5.74, 6) is 0. The summed E-state index contributed by atoms with van der Waals surface area (Å²) in [7, 11) is 0. The molecule has 1 aliphatic rings. The first-order chi connectivity index (χ1) is 8.59. The molecule has 1 aliphatic heterocycles. The molecule has 1 heterocycles. The quantitative estimate of drug-likeness (QED) is 0.596. The van der Waals surface area contributed by atoms with Crippen LogP contribution in [0.25, 0.3) is 0 Å². The van der Waals surface area contributed by atoms with E-state index in [1.165, 1.54) is 27.5 Å². The van der Waals surface area contributed by atoms with Crippen molar-refractivity contribution in [1.29, 1.82) is 0 Å². The van der Waals surface area contributed by atoms with E-state index in [9.17, 15) is 0 Å². The highest BCUT2D eigenvalue weighted by atomic mass is 14.1. The van der Waals surface area contributed by atoms with Gasteiger partial charge in [0, 0.05) is 0 Å². The Morgan fingerprint density at radius 2 is 1.39 bits per heavy atom. The summed E-state index contributed by atoms with van der Waals surface area (Å²) in [5.41, 5.74) is 8.90. The molecule has 0 radical (unpaired) electrons. The number of benzene rings is 2. The van der Waals surface area contributed by atoms with Crippen molar-refractivity contribution in [2.75, 3.05) is 0 Å². The smallest absolute Gasteiger partial charge is 0.0794 e. The molecular weight excluding hydrogens is 214 g/mol. The fourth-order valence-electron chi connectivity index (χ4n) is 3.58. The molecule has 0 nitrogen and oxygen atoms in total. The Morgan fingerprint density at radius 3 is 2.06 bits per heavy atom. The Hall–Kier alpha value is -1.43. The standard InChI is InChI=1S/C16H18B2/c1-11-9-12(2)16-15(10-11)17(3)13-7-5-6-8-14(13)18(16)4/h5-10H,1-4H3. The van der Waals surface area contributed by atoms with Crippen LogP contribution in [0.1, 0.15) is 11.1 Å². The highest BCUT2D eigenvalue weighted by molar-refractivity contribution is 7.02. The molecule has 0 aromatic heterocycles. The van der Waals surface area contributed by atoms with Crippen LogP contribution >= 0.6 is 0 Å². The Balaban J connectivity index is 2.30. The molecule has 0 atom stereocenters. The van der Waals surface area contributed by atoms with E-state index >= 15 is 0 Å². The minimum Gasteiger partial charge on any atom is -0.0794 e. The molecule has 0 bridgehead atoms. The van der Waals surface area contributed by atoms with Crippen LogP contribution in [-0.2, 0) is 0 Å². The van der Waals surface area contributed by atoms with E-state index in [-0.39, 0.29) is 0 Å². The van der Waals surface area contributed by atoms with E-state index < -0.39 is 0 Å². The second-order valence-corrected chi connectivity index (χ2v) is 5.66. The largest absolute Gasteiger partial charge is 0.205 e. The zero-order valence-corrected chi connectivity index (χ0v) is 11.6. The lowest BCUT2D eigenvalue weighted by Gasteiger charge is -2.29. The average Bonchev–Trinajstić information content (AvgIpc) is 2.35. The number of hydrogen-bond donors (Lipinski definition) is 0. The number of fused-ring (bicyclic) bond motifs is 2. The van der Waals surface area contributed by atoms with Crippen LogP contribution < -0.4 is 21.9 Å². The second-order valence-electron chi connectivity index (χ2n) is 5.66. The van der Waals surface area contributed by atoms with E-state index in [0.29, 0.717) is 13.4 Å². The predicted molar refractivity (Wildman–Crippen MR) is 84.1 cm³/mol. The molecular formula is C16H18B2. The minimum atomic E-state index is 0.519. The Labute approximate surface area is 111 Å². The van der Waals surface area contributed by atoms with Crippen molar-refractivity contribution in [3.8, 4) is 0 Å². The summed E-state index contributed by atoms with van der Waals surface area (Å²) in [6, 6.07) is 13.6. The predicted octanol–water partition coefficient (Wildman–Crippen LogP) is 1.09. The first kappa shape index (κ1) is 11.6. The molecule has 0 aliphatic carbocycles. The maximum atomic E-state index is 2.37. The third-order valence-corrected chi connectivity index (χ3v) is 4.39. The molecule has 0 N–H and O–H groups in total. The van der Waals surface area contributed by atoms with E-state index in [1.807, 2.05) is 0 Å². The van der Waals surface area contributed by atoms with Gasteiger partial charge in [-0.05, 0) is 13.8 Å². The molecule has 3 rings (SSSR count). The molecule has 88 valence electrons. The van der Waals surface area contributed by atoms with Gasteiger partial charge in [0.2, 0.25) is 13.4 Å². The van der Waals surface area contributed by atoms with Crippen molar-refractivity contribution in [3.63, 3.8) is 0 Å². The summed E-state index contributed by atoms with van der Waals surface area (Å²) < 4.78 is 0. The molecule has 0 fully saturated rings. The molecule has 2 aromatic rings. The normalized spacial score (nSPS) is 13.3. The number of aryl methyl sites for hydroxylation is 2. The first-order valence-corrected chi connectivity index (χ1v) is 6.79. The SMILES string of the molecule is CB1c2ccccc2B(C)c2c(C)cc(C)cc21. The molecule has 2 heteroatoms. The van der Waals surface area contributed by atoms with Crippen LogP contribution in [0.2, 0.25) is 13.6 Å². The van der Waals surface area contributed by atoms with Gasteiger partial charge in [0.25, 0.3) is 0 Å². The van der Waals surface area contributed by atoms with Crippen molar-refractivity contribution < 1.29 is 0 Å². The number of rotatable bonds is 0. The molecule has 18 heavy (non-hydrogen) atoms. The first-order valence-electron chi connectivity index (χ1n) is 6.79. The molecule has 0 saturated carbocycles. The summed E-state index contributed by atoms with van der Waals surface area (Å²) in [5, 5.41) is 0. The average molecular weight is 232 g/mol. The maximum Gasteiger partial charge on any atom is 0.205 e. The second kappa shape index (κ2) is 4.05. The zero-order chi connectivity index (χ0) is 12.9. The molecule has 0 unspecified atom stereocenters. The van der Waals surface area contributed by atoms with Gasteiger partial charge >= 0.3 is 0 Å². The van der Waals surface area contributed by atoms with E-state index in [1.54, 1.807) is 5.46 Å². The fourth-order valence-corrected chi connectivity index (χ4v) is 3.58. The van der Waals surface area contributed by atoms with Crippen molar-refractivity contribution in [1.82, 2.24) is 0 Å². The van der Waals surface area contributed by atoms with Crippen molar-refractivity contribution >= 4 is 35.3 Å². The van der Waals surface area contributed by atoms with Crippen molar-refractivity contribution in [2.24, 2.45) is 0 Å². The van der Waals surface area contributed by atoms with Gasteiger partial charge in [-0.15, -0.1) is 0 Å². The van der Waals surface area contributed by atoms with Crippen LogP contribution in [0.4, 0.5) is 0 Å². The Bertz CT molecular complexity index is 616. The van der Waals surface area contributed by atoms with Crippen LogP contribution in [-0.4, -0.2) is 13.4 Å². The minimum absolute atomic E-state index is 0.519. The van der Waals surface area contributed by atoms with Gasteiger partial charge < -0.3 is 0 Å². The van der Waals surface area contributed by atoms with Crippen LogP contribution in [0.15, 0.2) is 36.4 Å². The van der Waals surface area contributed by atoms with E-state index in [4.69, 9.17) is 0 Å². The monoisotopic (exact) mass is 232 g/mol. The van der Waals surface area contributed by atoms with Gasteiger partial charge in [-0.2, -0.15) is 0 Å². The zero-order valence-electron chi connectivity index (χ0n) is 11.6. The third-order valence-electron chi connectivity index (χ3n) is 4.39. The van der Waals surface area contributed by atoms with Crippen LogP contribution in [0, 0.1) is 13.8 Å². The number of hydrogen-bond acceptors (Lipinski definition) is 0. The summed E-state index contributed by atoms with van der Waals surface area (Å²) in [6.07, 6.45) is 0. The molecule has 0 amide bonds. The lowest BCUT2D eigenvalue weighted by atomic mass is 9.25. The third kappa shape index (κ3) is 1.55. The van der Waals surface area contributed by atoms with E-state index in [0.717, 1.165) is 0 Å². The summed E-state index contributed by atoms with van der Waals surface area (Å²) in [4.78, 5) is 0. The topological polar surface area (TPSA) is 0 Å². The van der Waals surface area contributed by atoms with Gasteiger partial charge in [-0.1, -0.05) is 83.0 Å². The van der Waals surface area contributed by atoms with Gasteiger partial charge in [0.15, 0.2) is 0 Å². The lowest BCUT2D eigenvalue weighted by Crippen LogP contribution is -2.67. The Kier molecular flexibility index (Phi) is 2.62. The van der Waals surface area contributed by atoms with Crippen LogP contribution in [0.5, 0.6) is 0 Å². The van der Waals surface area contributed by atoms with Crippen LogP contribution in [0.3, 0.4) is 0 Å². The van der Waals surface area contributed by atoms with Gasteiger partial charge in [0.1, 0.15) is 0 Å². The Morgan fingerprint density at radius 1 is 0.778 bits per heavy atom. The fraction of sp³-hybridized carbons (Fsp3) is 0.250. The lowest BCUT2D eigenvalue weighted by molar-refractivity contribution is 1.42. The molecule has 2 aromatic carbocycles. The highest BCUT2D eigenvalue weighted by Gasteiger charge is 2.32. The maximum absolute atomic E-state index is 2.37. The molecule has 0 spiro atoms. The highest BCUT2D eigenvalue weighted by Crippen LogP contribution is 2.06. The molecule has 0 saturated heterocycles. The van der Waals surface area contributed by atoms with Gasteiger partial charge in [-0.3, -0.25) is 0 Å². The van der Waals surface area contributed by atoms with E-state index in [2.05, 4.69) is 63.9 Å². The summed E-state index contributed by atoms with van der Waals surface area (Å²) >= 11 is 0. The summed E-state index contributed by atoms with van der Waals surface area (Å²) in [6.45, 7) is 10.2. The van der Waals surface area contributed by atoms with Gasteiger partial charge in [0.05, 0.1) is 0 Å². The van der Waals surface area contributed by atoms with Crippen molar-refractivity contribution in [3.05, 3.63) is 47.5 Å². The van der Waals surface area contributed by atoms with Crippen molar-refractivity contribution in [2.45, 2.75) is 27.5 Å². The van der Waals surface area contributed by atoms with Gasteiger partial charge in [-0.25, -0.2) is 0 Å².